The Kier molecular flexibility index (Phi) is 7.18. The minimum Gasteiger partial charge on any atom is -0.379 e. The summed E-state index contributed by atoms with van der Waals surface area (Å²) in [4.78, 5) is 21.8. The van der Waals surface area contributed by atoms with Gasteiger partial charge in [-0.25, -0.2) is 9.37 Å². The lowest BCUT2D eigenvalue weighted by atomic mass is 10.3. The van der Waals surface area contributed by atoms with Crippen molar-refractivity contribution in [2.45, 2.75) is 6.42 Å². The van der Waals surface area contributed by atoms with Crippen molar-refractivity contribution >= 4 is 45.0 Å². The molecule has 1 aliphatic rings. The van der Waals surface area contributed by atoms with Crippen LogP contribution in [-0.4, -0.2) is 65.0 Å². The summed E-state index contributed by atoms with van der Waals surface area (Å²) in [5.41, 5.74) is 1.19. The first-order valence-corrected chi connectivity index (χ1v) is 10.1. The van der Waals surface area contributed by atoms with Gasteiger partial charge in [-0.3, -0.25) is 19.3 Å². The molecular formula is C19H23ClFN5O2S. The number of hydrogen-bond acceptors (Lipinski definition) is 6. The summed E-state index contributed by atoms with van der Waals surface area (Å²) >= 11 is 1.33. The van der Waals surface area contributed by atoms with E-state index in [1.54, 1.807) is 35.0 Å². The Balaban J connectivity index is 0.00000240. The molecule has 1 saturated heterocycles. The van der Waals surface area contributed by atoms with E-state index in [4.69, 9.17) is 4.74 Å². The summed E-state index contributed by atoms with van der Waals surface area (Å²) in [6.45, 7) is 4.75. The number of amides is 1. The molecule has 1 amide bonds. The van der Waals surface area contributed by atoms with Crippen LogP contribution in [0.15, 0.2) is 30.5 Å². The zero-order chi connectivity index (χ0) is 19.5. The largest absolute Gasteiger partial charge is 0.379 e. The van der Waals surface area contributed by atoms with Gasteiger partial charge in [0.1, 0.15) is 11.5 Å². The highest BCUT2D eigenvalue weighted by atomic mass is 35.5. The minimum absolute atomic E-state index is 0. The first-order chi connectivity index (χ1) is 13.6. The van der Waals surface area contributed by atoms with Crippen LogP contribution in [0.3, 0.4) is 0 Å². The van der Waals surface area contributed by atoms with Crippen molar-refractivity contribution < 1.29 is 13.9 Å². The third-order valence-electron chi connectivity index (χ3n) is 4.82. The molecule has 0 aliphatic carbocycles. The number of morpholine rings is 1. The van der Waals surface area contributed by atoms with Gasteiger partial charge in [-0.05, 0) is 30.7 Å². The van der Waals surface area contributed by atoms with Crippen LogP contribution in [0, 0.1) is 5.82 Å². The molecule has 1 aliphatic heterocycles. The molecule has 4 rings (SSSR count). The second-order valence-electron chi connectivity index (χ2n) is 6.71. The Morgan fingerprint density at radius 1 is 1.31 bits per heavy atom. The molecular weight excluding hydrogens is 417 g/mol. The fraction of sp³-hybridized carbons (Fsp3) is 0.421. The van der Waals surface area contributed by atoms with Gasteiger partial charge in [0.2, 0.25) is 0 Å². The molecule has 0 atom stereocenters. The lowest BCUT2D eigenvalue weighted by molar-refractivity contribution is 0.0376. The van der Waals surface area contributed by atoms with Gasteiger partial charge < -0.3 is 4.74 Å². The van der Waals surface area contributed by atoms with Gasteiger partial charge in [-0.2, -0.15) is 5.10 Å². The number of anilines is 1. The van der Waals surface area contributed by atoms with E-state index < -0.39 is 0 Å². The number of nitrogens with zero attached hydrogens (tertiary/aromatic N) is 5. The lowest BCUT2D eigenvalue weighted by Gasteiger charge is -2.27. The normalized spacial score (nSPS) is 14.7. The lowest BCUT2D eigenvalue weighted by Crippen LogP contribution is -2.39. The van der Waals surface area contributed by atoms with Crippen LogP contribution in [0.25, 0.3) is 10.2 Å². The highest BCUT2D eigenvalue weighted by Gasteiger charge is 2.24. The Bertz CT molecular complexity index is 973. The first kappa shape index (κ1) is 21.6. The Labute approximate surface area is 178 Å². The summed E-state index contributed by atoms with van der Waals surface area (Å²) in [6, 6.07) is 6.18. The number of carbonyl (C=O) groups excluding carboxylic acids is 1. The molecule has 10 heteroatoms. The van der Waals surface area contributed by atoms with Crippen molar-refractivity contribution in [3.8, 4) is 0 Å². The van der Waals surface area contributed by atoms with Crippen molar-refractivity contribution in [2.24, 2.45) is 7.05 Å². The minimum atomic E-state index is -0.306. The summed E-state index contributed by atoms with van der Waals surface area (Å²) in [5.74, 6) is -0.457. The third-order valence-corrected chi connectivity index (χ3v) is 5.86. The monoisotopic (exact) mass is 439 g/mol. The molecule has 29 heavy (non-hydrogen) atoms. The number of fused-ring (bicyclic) bond motifs is 1. The molecule has 0 unspecified atom stereocenters. The number of benzene rings is 1. The zero-order valence-corrected chi connectivity index (χ0v) is 17.7. The molecule has 0 spiro atoms. The fourth-order valence-corrected chi connectivity index (χ4v) is 4.30. The van der Waals surface area contributed by atoms with E-state index in [2.05, 4.69) is 15.0 Å². The van der Waals surface area contributed by atoms with Crippen LogP contribution in [0.2, 0.25) is 0 Å². The number of aryl methyl sites for hydroxylation is 1. The Morgan fingerprint density at radius 2 is 2.10 bits per heavy atom. The van der Waals surface area contributed by atoms with E-state index in [0.717, 1.165) is 44.0 Å². The smallest absolute Gasteiger partial charge is 0.278 e. The Morgan fingerprint density at radius 3 is 2.83 bits per heavy atom. The maximum Gasteiger partial charge on any atom is 0.278 e. The van der Waals surface area contributed by atoms with E-state index in [1.165, 1.54) is 23.5 Å². The number of thiazole rings is 1. The maximum atomic E-state index is 13.6. The standard InChI is InChI=1S/C19H22FN5O2S.ClH/c1-23-16(5-6-21-23)18(26)25(8-2-7-24-9-11-27-12-10-24)19-22-15-4-3-14(20)13-17(15)28-19;/h3-6,13H,2,7-12H2,1H3;1H. The number of ether oxygens (including phenoxy) is 1. The molecule has 0 saturated carbocycles. The molecule has 3 aromatic rings. The average Bonchev–Trinajstić information content (AvgIpc) is 3.31. The molecule has 2 aromatic heterocycles. The SMILES string of the molecule is Cl.Cn1nccc1C(=O)N(CCCN1CCOCC1)c1nc2ccc(F)cc2s1. The molecule has 1 aromatic carbocycles. The molecule has 7 nitrogen and oxygen atoms in total. The number of hydrogen-bond donors (Lipinski definition) is 0. The van der Waals surface area contributed by atoms with E-state index in [1.807, 2.05) is 0 Å². The van der Waals surface area contributed by atoms with Gasteiger partial charge in [-0.1, -0.05) is 11.3 Å². The van der Waals surface area contributed by atoms with Crippen LogP contribution in [-0.2, 0) is 11.8 Å². The Hall–Kier alpha value is -2.07. The predicted octanol–water partition coefficient (Wildman–Crippen LogP) is 2.96. The van der Waals surface area contributed by atoms with Crippen molar-refractivity contribution in [1.82, 2.24) is 19.7 Å². The average molecular weight is 440 g/mol. The van der Waals surface area contributed by atoms with Crippen LogP contribution in [0.4, 0.5) is 9.52 Å². The van der Waals surface area contributed by atoms with Crippen LogP contribution in [0.1, 0.15) is 16.9 Å². The highest BCUT2D eigenvalue weighted by molar-refractivity contribution is 7.22. The van der Waals surface area contributed by atoms with Gasteiger partial charge in [0.05, 0.1) is 23.4 Å². The quantitative estimate of drug-likeness (QED) is 0.591. The maximum absolute atomic E-state index is 13.6. The highest BCUT2D eigenvalue weighted by Crippen LogP contribution is 2.30. The molecule has 0 radical (unpaired) electrons. The van der Waals surface area contributed by atoms with E-state index in [-0.39, 0.29) is 24.1 Å². The van der Waals surface area contributed by atoms with Crippen LogP contribution in [0.5, 0.6) is 0 Å². The van der Waals surface area contributed by atoms with Gasteiger partial charge >= 0.3 is 0 Å². The van der Waals surface area contributed by atoms with Crippen LogP contribution < -0.4 is 4.90 Å². The summed E-state index contributed by atoms with van der Waals surface area (Å²) < 4.78 is 21.2. The second kappa shape index (κ2) is 9.62. The van der Waals surface area contributed by atoms with Gasteiger partial charge in [0.25, 0.3) is 5.91 Å². The number of aromatic nitrogens is 3. The van der Waals surface area contributed by atoms with Gasteiger partial charge in [-0.15, -0.1) is 12.4 Å². The zero-order valence-electron chi connectivity index (χ0n) is 16.1. The number of carbonyl (C=O) groups is 1. The van der Waals surface area contributed by atoms with Crippen molar-refractivity contribution in [3.05, 3.63) is 42.0 Å². The summed E-state index contributed by atoms with van der Waals surface area (Å²) in [6.07, 6.45) is 2.42. The number of halogens is 2. The predicted molar refractivity (Wildman–Crippen MR) is 114 cm³/mol. The van der Waals surface area contributed by atoms with Gasteiger partial charge in [0.15, 0.2) is 5.13 Å². The van der Waals surface area contributed by atoms with E-state index in [0.29, 0.717) is 22.9 Å². The fourth-order valence-electron chi connectivity index (χ4n) is 3.28. The first-order valence-electron chi connectivity index (χ1n) is 9.28. The summed E-state index contributed by atoms with van der Waals surface area (Å²) in [7, 11) is 1.74. The molecule has 1 fully saturated rings. The molecule has 0 bridgehead atoms. The summed E-state index contributed by atoms with van der Waals surface area (Å²) in [5, 5.41) is 4.68. The van der Waals surface area contributed by atoms with E-state index >= 15 is 0 Å². The third kappa shape index (κ3) is 4.92. The molecule has 156 valence electrons. The molecule has 3 heterocycles. The number of rotatable bonds is 6. The van der Waals surface area contributed by atoms with Crippen molar-refractivity contribution in [2.75, 3.05) is 44.3 Å². The van der Waals surface area contributed by atoms with Crippen molar-refractivity contribution in [3.63, 3.8) is 0 Å². The van der Waals surface area contributed by atoms with Crippen molar-refractivity contribution in [1.29, 1.82) is 0 Å². The molecule has 0 N–H and O–H groups in total. The van der Waals surface area contributed by atoms with Gasteiger partial charge in [0, 0.05) is 39.4 Å². The topological polar surface area (TPSA) is 63.5 Å². The van der Waals surface area contributed by atoms with E-state index in [9.17, 15) is 9.18 Å². The van der Waals surface area contributed by atoms with Crippen LogP contribution >= 0.6 is 23.7 Å². The second-order valence-corrected chi connectivity index (χ2v) is 7.72.